The van der Waals surface area contributed by atoms with Crippen molar-refractivity contribution in [2.75, 3.05) is 6.61 Å². The van der Waals surface area contributed by atoms with E-state index >= 15 is 0 Å². The summed E-state index contributed by atoms with van der Waals surface area (Å²) in [6, 6.07) is 12.9. The summed E-state index contributed by atoms with van der Waals surface area (Å²) in [5.41, 5.74) is 2.69. The zero-order chi connectivity index (χ0) is 16.2. The monoisotopic (exact) mass is 310 g/mol. The third-order valence-corrected chi connectivity index (χ3v) is 3.51. The normalized spacial score (nSPS) is 10.7. The lowest BCUT2D eigenvalue weighted by molar-refractivity contribution is -0.133. The molecule has 0 amide bonds. The summed E-state index contributed by atoms with van der Waals surface area (Å²) in [5, 5.41) is 0. The predicted octanol–water partition coefficient (Wildman–Crippen LogP) is 3.12. The number of hydrogen-bond acceptors (Lipinski definition) is 4. The molecule has 5 heteroatoms. The van der Waals surface area contributed by atoms with E-state index in [0.29, 0.717) is 12.4 Å². The Balaban J connectivity index is 1.65. The highest BCUT2D eigenvalue weighted by Crippen LogP contribution is 2.20. The van der Waals surface area contributed by atoms with E-state index in [1.165, 1.54) is 0 Å². The molecule has 0 bridgehead atoms. The Morgan fingerprint density at radius 2 is 1.87 bits per heavy atom. The second-order valence-corrected chi connectivity index (χ2v) is 5.23. The number of rotatable bonds is 5. The van der Waals surface area contributed by atoms with Crippen LogP contribution in [-0.2, 0) is 18.3 Å². The molecule has 0 saturated heterocycles. The summed E-state index contributed by atoms with van der Waals surface area (Å²) in [5.74, 6) is 1.00. The molecule has 118 valence electrons. The minimum atomic E-state index is -0.301. The van der Waals surface area contributed by atoms with Gasteiger partial charge in [-0.15, -0.1) is 0 Å². The fourth-order valence-corrected chi connectivity index (χ4v) is 2.38. The van der Waals surface area contributed by atoms with E-state index in [-0.39, 0.29) is 12.4 Å². The molecule has 1 aromatic heterocycles. The molecule has 2 aromatic carbocycles. The lowest BCUT2D eigenvalue weighted by Gasteiger charge is -2.06. The maximum Gasteiger partial charge on any atom is 0.315 e. The first-order chi connectivity index (χ1) is 11.2. The summed E-state index contributed by atoms with van der Waals surface area (Å²) in [7, 11) is 1.92. The number of hydrogen-bond donors (Lipinski definition) is 0. The van der Waals surface area contributed by atoms with Crippen molar-refractivity contribution in [3.8, 4) is 11.5 Å². The van der Waals surface area contributed by atoms with Gasteiger partial charge in [0.1, 0.15) is 11.5 Å². The Labute approximate surface area is 134 Å². The molecule has 0 N–H and O–H groups in total. The largest absolute Gasteiger partial charge is 0.494 e. The summed E-state index contributed by atoms with van der Waals surface area (Å²) >= 11 is 0. The number of benzene rings is 2. The highest BCUT2D eigenvalue weighted by atomic mass is 16.5. The summed E-state index contributed by atoms with van der Waals surface area (Å²) < 4.78 is 12.7. The highest BCUT2D eigenvalue weighted by molar-refractivity contribution is 5.80. The molecule has 5 nitrogen and oxygen atoms in total. The Morgan fingerprint density at radius 3 is 2.61 bits per heavy atom. The first-order valence-corrected chi connectivity index (χ1v) is 7.49. The van der Waals surface area contributed by atoms with Crippen LogP contribution < -0.4 is 9.47 Å². The summed E-state index contributed by atoms with van der Waals surface area (Å²) in [6.45, 7) is 2.56. The van der Waals surface area contributed by atoms with Gasteiger partial charge in [-0.2, -0.15) is 0 Å². The minimum absolute atomic E-state index is 0.215. The van der Waals surface area contributed by atoms with Crippen LogP contribution in [0.1, 0.15) is 12.5 Å². The van der Waals surface area contributed by atoms with Gasteiger partial charge in [0.05, 0.1) is 30.4 Å². The number of aryl methyl sites for hydroxylation is 1. The molecule has 1 heterocycles. The lowest BCUT2D eigenvalue weighted by atomic mass is 10.1. The van der Waals surface area contributed by atoms with E-state index in [2.05, 4.69) is 4.98 Å². The maximum absolute atomic E-state index is 12.1. The van der Waals surface area contributed by atoms with Gasteiger partial charge in [-0.3, -0.25) is 4.79 Å². The fraction of sp³-hybridized carbons (Fsp3) is 0.222. The van der Waals surface area contributed by atoms with Crippen molar-refractivity contribution >= 4 is 17.0 Å². The average Bonchev–Trinajstić information content (AvgIpc) is 2.90. The van der Waals surface area contributed by atoms with Crippen LogP contribution in [0, 0.1) is 0 Å². The van der Waals surface area contributed by atoms with Gasteiger partial charge >= 0.3 is 5.97 Å². The van der Waals surface area contributed by atoms with E-state index in [9.17, 15) is 4.79 Å². The number of nitrogens with zero attached hydrogens (tertiary/aromatic N) is 2. The van der Waals surface area contributed by atoms with Gasteiger partial charge in [0.15, 0.2) is 0 Å². The van der Waals surface area contributed by atoms with Gasteiger partial charge < -0.3 is 14.0 Å². The molecule has 0 aliphatic rings. The van der Waals surface area contributed by atoms with Crippen molar-refractivity contribution in [2.24, 2.45) is 7.05 Å². The number of esters is 1. The van der Waals surface area contributed by atoms with Crippen molar-refractivity contribution < 1.29 is 14.3 Å². The molecule has 3 rings (SSSR count). The van der Waals surface area contributed by atoms with E-state index in [1.807, 2.05) is 48.9 Å². The van der Waals surface area contributed by atoms with Crippen LogP contribution in [0.4, 0.5) is 0 Å². The number of imidazole rings is 1. The zero-order valence-corrected chi connectivity index (χ0v) is 13.2. The second kappa shape index (κ2) is 6.52. The fourth-order valence-electron chi connectivity index (χ4n) is 2.38. The van der Waals surface area contributed by atoms with Gasteiger partial charge in [0.25, 0.3) is 0 Å². The third kappa shape index (κ3) is 3.51. The van der Waals surface area contributed by atoms with Crippen molar-refractivity contribution in [1.82, 2.24) is 9.55 Å². The Bertz CT molecular complexity index is 822. The number of carbonyl (C=O) groups excluding carboxylic acids is 1. The Kier molecular flexibility index (Phi) is 4.28. The van der Waals surface area contributed by atoms with Crippen molar-refractivity contribution in [2.45, 2.75) is 13.3 Å². The van der Waals surface area contributed by atoms with E-state index < -0.39 is 0 Å². The Hall–Kier alpha value is -2.82. The van der Waals surface area contributed by atoms with Gasteiger partial charge in [-0.1, -0.05) is 12.1 Å². The summed E-state index contributed by atoms with van der Waals surface area (Å²) in [4.78, 5) is 16.3. The number of aromatic nitrogens is 2. The first kappa shape index (κ1) is 15.1. The van der Waals surface area contributed by atoms with Gasteiger partial charge in [0, 0.05) is 13.1 Å². The zero-order valence-electron chi connectivity index (χ0n) is 13.2. The molecule has 0 spiro atoms. The van der Waals surface area contributed by atoms with Crippen molar-refractivity contribution in [3.63, 3.8) is 0 Å². The number of carbonyl (C=O) groups is 1. The molecule has 0 radical (unpaired) electrons. The van der Waals surface area contributed by atoms with Crippen LogP contribution in [0.2, 0.25) is 0 Å². The summed E-state index contributed by atoms with van der Waals surface area (Å²) in [6.07, 6.45) is 1.95. The van der Waals surface area contributed by atoms with Crippen LogP contribution in [-0.4, -0.2) is 22.1 Å². The van der Waals surface area contributed by atoms with E-state index in [1.54, 1.807) is 18.5 Å². The van der Waals surface area contributed by atoms with Crippen LogP contribution in [0.15, 0.2) is 48.8 Å². The molecule has 3 aromatic rings. The standard InChI is InChI=1S/C18H18N2O3/c1-3-22-14-6-4-13(5-7-14)10-18(21)23-15-8-9-17-16(11-15)19-12-20(17)2/h4-9,11-12H,3,10H2,1-2H3. The van der Waals surface area contributed by atoms with Crippen LogP contribution in [0.5, 0.6) is 11.5 Å². The molecule has 23 heavy (non-hydrogen) atoms. The molecule has 0 unspecified atom stereocenters. The van der Waals surface area contributed by atoms with E-state index in [0.717, 1.165) is 22.3 Å². The van der Waals surface area contributed by atoms with Gasteiger partial charge in [0.2, 0.25) is 0 Å². The highest BCUT2D eigenvalue weighted by Gasteiger charge is 2.08. The van der Waals surface area contributed by atoms with Crippen molar-refractivity contribution in [3.05, 3.63) is 54.4 Å². The number of ether oxygens (including phenoxy) is 2. The predicted molar refractivity (Wildman–Crippen MR) is 87.7 cm³/mol. The first-order valence-electron chi connectivity index (χ1n) is 7.49. The third-order valence-electron chi connectivity index (χ3n) is 3.51. The number of fused-ring (bicyclic) bond motifs is 1. The molecular formula is C18H18N2O3. The van der Waals surface area contributed by atoms with E-state index in [4.69, 9.17) is 9.47 Å². The van der Waals surface area contributed by atoms with Crippen LogP contribution >= 0.6 is 0 Å². The topological polar surface area (TPSA) is 53.4 Å². The van der Waals surface area contributed by atoms with Crippen molar-refractivity contribution in [1.29, 1.82) is 0 Å². The molecule has 0 aliphatic carbocycles. The molecule has 0 atom stereocenters. The minimum Gasteiger partial charge on any atom is -0.494 e. The lowest BCUT2D eigenvalue weighted by Crippen LogP contribution is -2.11. The molecule has 0 saturated carbocycles. The van der Waals surface area contributed by atoms with Crippen LogP contribution in [0.25, 0.3) is 11.0 Å². The van der Waals surface area contributed by atoms with Gasteiger partial charge in [-0.25, -0.2) is 4.98 Å². The van der Waals surface area contributed by atoms with Gasteiger partial charge in [-0.05, 0) is 36.8 Å². The maximum atomic E-state index is 12.1. The second-order valence-electron chi connectivity index (χ2n) is 5.23. The average molecular weight is 310 g/mol. The SMILES string of the molecule is CCOc1ccc(CC(=O)Oc2ccc3c(c2)ncn3C)cc1. The smallest absolute Gasteiger partial charge is 0.315 e. The molecule has 0 aliphatic heterocycles. The Morgan fingerprint density at radius 1 is 1.13 bits per heavy atom. The van der Waals surface area contributed by atoms with Crippen LogP contribution in [0.3, 0.4) is 0 Å². The molecule has 0 fully saturated rings. The quantitative estimate of drug-likeness (QED) is 0.537. The molecular weight excluding hydrogens is 292 g/mol.